The van der Waals surface area contributed by atoms with Gasteiger partial charge in [0.2, 0.25) is 0 Å². The van der Waals surface area contributed by atoms with Crippen LogP contribution >= 0.6 is 15.9 Å². The van der Waals surface area contributed by atoms with Gasteiger partial charge in [0.1, 0.15) is 0 Å². The molecule has 118 valence electrons. The molecule has 3 heteroatoms. The van der Waals surface area contributed by atoms with Crippen LogP contribution < -0.4 is 5.32 Å². The summed E-state index contributed by atoms with van der Waals surface area (Å²) in [4.78, 5) is 2.55. The van der Waals surface area contributed by atoms with E-state index in [0.29, 0.717) is 0 Å². The first-order chi connectivity index (χ1) is 10.1. The minimum Gasteiger partial charge on any atom is -0.316 e. The molecule has 1 aliphatic rings. The van der Waals surface area contributed by atoms with Gasteiger partial charge in [0, 0.05) is 23.6 Å². The van der Waals surface area contributed by atoms with Crippen molar-refractivity contribution in [3.05, 3.63) is 33.8 Å². The van der Waals surface area contributed by atoms with Crippen LogP contribution in [0.15, 0.2) is 22.7 Å². The molecule has 0 aliphatic heterocycles. The summed E-state index contributed by atoms with van der Waals surface area (Å²) in [6.07, 6.45) is 6.91. The highest BCUT2D eigenvalue weighted by Crippen LogP contribution is 2.30. The summed E-state index contributed by atoms with van der Waals surface area (Å²) >= 11 is 3.74. The van der Waals surface area contributed by atoms with Gasteiger partial charge in [0.25, 0.3) is 0 Å². The number of nitrogens with one attached hydrogen (secondary N) is 1. The molecule has 0 heterocycles. The lowest BCUT2D eigenvalue weighted by Gasteiger charge is -2.34. The Morgan fingerprint density at radius 3 is 2.52 bits per heavy atom. The Labute approximate surface area is 138 Å². The molecule has 1 saturated carbocycles. The highest BCUT2D eigenvalue weighted by atomic mass is 79.9. The second kappa shape index (κ2) is 8.30. The van der Waals surface area contributed by atoms with Crippen LogP contribution in [-0.2, 0) is 13.1 Å². The summed E-state index contributed by atoms with van der Waals surface area (Å²) in [5, 5.41) is 3.20. The lowest BCUT2D eigenvalue weighted by atomic mass is 9.84. The zero-order chi connectivity index (χ0) is 15.2. The highest BCUT2D eigenvalue weighted by molar-refractivity contribution is 9.10. The first-order valence-electron chi connectivity index (χ1n) is 8.26. The summed E-state index contributed by atoms with van der Waals surface area (Å²) in [5.74, 6) is 0.974. The van der Waals surface area contributed by atoms with Gasteiger partial charge in [-0.05, 0) is 62.9 Å². The van der Waals surface area contributed by atoms with Gasteiger partial charge in [0.05, 0.1) is 0 Å². The fourth-order valence-corrected chi connectivity index (χ4v) is 3.98. The zero-order valence-electron chi connectivity index (χ0n) is 13.7. The second-order valence-electron chi connectivity index (χ2n) is 6.45. The summed E-state index contributed by atoms with van der Waals surface area (Å²) in [6.45, 7) is 4.30. The largest absolute Gasteiger partial charge is 0.316 e. The fourth-order valence-electron chi connectivity index (χ4n) is 3.42. The molecule has 1 aromatic rings. The third kappa shape index (κ3) is 4.80. The maximum absolute atomic E-state index is 3.74. The summed E-state index contributed by atoms with van der Waals surface area (Å²) in [6, 6.07) is 7.51. The Balaban J connectivity index is 1.92. The van der Waals surface area contributed by atoms with E-state index in [4.69, 9.17) is 0 Å². The van der Waals surface area contributed by atoms with Gasteiger partial charge in [-0.1, -0.05) is 41.4 Å². The Bertz CT molecular complexity index is 439. The van der Waals surface area contributed by atoms with E-state index in [9.17, 15) is 0 Å². The van der Waals surface area contributed by atoms with Crippen molar-refractivity contribution >= 4 is 15.9 Å². The van der Waals surface area contributed by atoms with Crippen LogP contribution in [0.3, 0.4) is 0 Å². The fraction of sp³-hybridized carbons (Fsp3) is 0.667. The van der Waals surface area contributed by atoms with Crippen molar-refractivity contribution in [1.29, 1.82) is 0 Å². The van der Waals surface area contributed by atoms with E-state index in [-0.39, 0.29) is 0 Å². The van der Waals surface area contributed by atoms with E-state index in [1.54, 1.807) is 0 Å². The molecule has 2 nitrogen and oxygen atoms in total. The summed E-state index contributed by atoms with van der Waals surface area (Å²) in [7, 11) is 4.27. The van der Waals surface area contributed by atoms with E-state index in [1.807, 2.05) is 7.05 Å². The first-order valence-corrected chi connectivity index (χ1v) is 9.05. The molecule has 0 amide bonds. The number of nitrogens with zero attached hydrogens (tertiary/aromatic N) is 1. The van der Waals surface area contributed by atoms with Gasteiger partial charge in [0.15, 0.2) is 0 Å². The number of rotatable bonds is 6. The average Bonchev–Trinajstić information content (AvgIpc) is 2.50. The lowest BCUT2D eigenvalue weighted by molar-refractivity contribution is 0.157. The topological polar surface area (TPSA) is 15.3 Å². The maximum Gasteiger partial charge on any atom is 0.0244 e. The Hall–Kier alpha value is -0.380. The molecule has 1 fully saturated rings. The van der Waals surface area contributed by atoms with Crippen LogP contribution in [0.25, 0.3) is 0 Å². The van der Waals surface area contributed by atoms with Gasteiger partial charge in [-0.3, -0.25) is 4.90 Å². The molecule has 0 unspecified atom stereocenters. The maximum atomic E-state index is 3.74. The predicted molar refractivity (Wildman–Crippen MR) is 94.4 cm³/mol. The van der Waals surface area contributed by atoms with Crippen molar-refractivity contribution in [3.63, 3.8) is 0 Å². The third-order valence-corrected chi connectivity index (χ3v) is 5.67. The molecule has 1 aliphatic carbocycles. The van der Waals surface area contributed by atoms with Crippen molar-refractivity contribution in [2.45, 2.75) is 58.2 Å². The molecule has 0 radical (unpaired) electrons. The summed E-state index contributed by atoms with van der Waals surface area (Å²) < 4.78 is 1.24. The molecular weight excluding hydrogens is 324 g/mol. The minimum absolute atomic E-state index is 0.761. The molecule has 0 aromatic heterocycles. The number of hydrogen-bond acceptors (Lipinski definition) is 2. The van der Waals surface area contributed by atoms with Gasteiger partial charge in [-0.2, -0.15) is 0 Å². The Kier molecular flexibility index (Phi) is 6.72. The van der Waals surface area contributed by atoms with Gasteiger partial charge in [-0.15, -0.1) is 0 Å². The van der Waals surface area contributed by atoms with Crippen LogP contribution in [0.5, 0.6) is 0 Å². The number of hydrogen-bond donors (Lipinski definition) is 1. The predicted octanol–water partition coefficient (Wildman–Crippen LogP) is 4.57. The SMILES string of the molecule is CCC1CCC(N(C)Cc2ccc(CNC)cc2Br)CC1. The first kappa shape index (κ1) is 17.0. The normalized spacial score (nSPS) is 22.7. The Morgan fingerprint density at radius 1 is 1.24 bits per heavy atom. The molecule has 0 atom stereocenters. The van der Waals surface area contributed by atoms with Crippen molar-refractivity contribution in [1.82, 2.24) is 10.2 Å². The monoisotopic (exact) mass is 352 g/mol. The molecule has 0 saturated heterocycles. The lowest BCUT2D eigenvalue weighted by Crippen LogP contribution is -2.34. The number of halogens is 1. The van der Waals surface area contributed by atoms with E-state index < -0.39 is 0 Å². The zero-order valence-corrected chi connectivity index (χ0v) is 15.2. The molecular formula is C18H29BrN2. The second-order valence-corrected chi connectivity index (χ2v) is 7.31. The number of benzene rings is 1. The molecule has 1 N–H and O–H groups in total. The van der Waals surface area contributed by atoms with Crippen molar-refractivity contribution in [2.24, 2.45) is 5.92 Å². The quantitative estimate of drug-likeness (QED) is 0.806. The van der Waals surface area contributed by atoms with Crippen LogP contribution in [0.1, 0.15) is 50.2 Å². The summed E-state index contributed by atoms with van der Waals surface area (Å²) in [5.41, 5.74) is 2.73. The van der Waals surface area contributed by atoms with Crippen LogP contribution in [0.4, 0.5) is 0 Å². The molecule has 2 rings (SSSR count). The van der Waals surface area contributed by atoms with Gasteiger partial charge >= 0.3 is 0 Å². The van der Waals surface area contributed by atoms with E-state index in [0.717, 1.165) is 25.0 Å². The molecule has 0 spiro atoms. The van der Waals surface area contributed by atoms with Crippen molar-refractivity contribution < 1.29 is 0 Å². The van der Waals surface area contributed by atoms with E-state index >= 15 is 0 Å². The molecule has 0 bridgehead atoms. The highest BCUT2D eigenvalue weighted by Gasteiger charge is 2.23. The van der Waals surface area contributed by atoms with Crippen LogP contribution in [-0.4, -0.2) is 25.0 Å². The molecule has 1 aromatic carbocycles. The smallest absolute Gasteiger partial charge is 0.0244 e. The molecule has 21 heavy (non-hydrogen) atoms. The minimum atomic E-state index is 0.761. The van der Waals surface area contributed by atoms with Gasteiger partial charge in [-0.25, -0.2) is 0 Å². The van der Waals surface area contributed by atoms with Gasteiger partial charge < -0.3 is 5.32 Å². The van der Waals surface area contributed by atoms with Crippen molar-refractivity contribution in [3.8, 4) is 0 Å². The third-order valence-electron chi connectivity index (χ3n) is 4.94. The Morgan fingerprint density at radius 2 is 1.95 bits per heavy atom. The van der Waals surface area contributed by atoms with E-state index in [2.05, 4.69) is 58.3 Å². The average molecular weight is 353 g/mol. The van der Waals surface area contributed by atoms with Crippen LogP contribution in [0, 0.1) is 5.92 Å². The van der Waals surface area contributed by atoms with E-state index in [1.165, 1.54) is 47.7 Å². The standard InChI is InChI=1S/C18H29BrN2/c1-4-14-6-9-17(10-7-14)21(3)13-16-8-5-15(12-20-2)11-18(16)19/h5,8,11,14,17,20H,4,6-7,9-10,12-13H2,1-3H3. The van der Waals surface area contributed by atoms with Crippen molar-refractivity contribution in [2.75, 3.05) is 14.1 Å². The van der Waals surface area contributed by atoms with Crippen LogP contribution in [0.2, 0.25) is 0 Å².